The van der Waals surface area contributed by atoms with Gasteiger partial charge in [-0.3, -0.25) is 0 Å². The van der Waals surface area contributed by atoms with Gasteiger partial charge in [0.25, 0.3) is 0 Å². The first-order chi connectivity index (χ1) is 10.0. The van der Waals surface area contributed by atoms with E-state index in [0.29, 0.717) is 25.6 Å². The van der Waals surface area contributed by atoms with Crippen LogP contribution in [0.1, 0.15) is 32.3 Å². The number of amides is 2. The van der Waals surface area contributed by atoms with Gasteiger partial charge in [-0.1, -0.05) is 13.8 Å². The number of carbonyl (C=O) groups is 1. The van der Waals surface area contributed by atoms with Crippen molar-refractivity contribution in [2.75, 3.05) is 37.6 Å². The van der Waals surface area contributed by atoms with Crippen LogP contribution in [-0.4, -0.2) is 53.6 Å². The van der Waals surface area contributed by atoms with Crippen LogP contribution in [0.4, 0.5) is 10.6 Å². The molecule has 116 valence electrons. The van der Waals surface area contributed by atoms with Gasteiger partial charge in [0.05, 0.1) is 0 Å². The normalized spacial score (nSPS) is 15.5. The molecule has 1 aromatic rings. The van der Waals surface area contributed by atoms with Crippen molar-refractivity contribution < 1.29 is 4.79 Å². The van der Waals surface area contributed by atoms with Gasteiger partial charge in [-0.05, 0) is 24.4 Å². The molecule has 0 radical (unpaired) electrons. The van der Waals surface area contributed by atoms with Crippen LogP contribution in [0.3, 0.4) is 0 Å². The Labute approximate surface area is 130 Å². The monoisotopic (exact) mass is 311 g/mol. The summed E-state index contributed by atoms with van der Waals surface area (Å²) >= 11 is 5.94. The molecule has 2 heterocycles. The van der Waals surface area contributed by atoms with Crippen LogP contribution in [0, 0.1) is 0 Å². The molecule has 1 aliphatic rings. The predicted octanol–water partition coefficient (Wildman–Crippen LogP) is 2.10. The number of anilines is 1. The second kappa shape index (κ2) is 6.93. The summed E-state index contributed by atoms with van der Waals surface area (Å²) in [4.78, 5) is 24.3. The number of nitrogens with zero attached hydrogens (tertiary/aromatic N) is 4. The molecule has 2 rings (SSSR count). The summed E-state index contributed by atoms with van der Waals surface area (Å²) < 4.78 is 0. The van der Waals surface area contributed by atoms with E-state index < -0.39 is 0 Å². The zero-order valence-corrected chi connectivity index (χ0v) is 13.5. The molecule has 0 bridgehead atoms. The molecular formula is C14H22ClN5O. The van der Waals surface area contributed by atoms with Crippen molar-refractivity contribution in [1.82, 2.24) is 20.2 Å². The van der Waals surface area contributed by atoms with E-state index in [1.807, 2.05) is 11.8 Å². The van der Waals surface area contributed by atoms with Crippen LogP contribution in [0.25, 0.3) is 0 Å². The number of hydrogen-bond donors (Lipinski definition) is 1. The zero-order chi connectivity index (χ0) is 15.4. The number of rotatable bonds is 3. The lowest BCUT2D eigenvalue weighted by atomic mass is 10.1. The second-order valence-corrected chi connectivity index (χ2v) is 5.72. The highest BCUT2D eigenvalue weighted by Gasteiger charge is 2.24. The fourth-order valence-corrected chi connectivity index (χ4v) is 2.54. The van der Waals surface area contributed by atoms with Gasteiger partial charge in [0.1, 0.15) is 5.82 Å². The van der Waals surface area contributed by atoms with E-state index in [1.165, 1.54) is 0 Å². The van der Waals surface area contributed by atoms with Gasteiger partial charge in [-0.15, -0.1) is 0 Å². The highest BCUT2D eigenvalue weighted by molar-refractivity contribution is 6.28. The molecule has 1 N–H and O–H groups in total. The van der Waals surface area contributed by atoms with Crippen LogP contribution in [0.15, 0.2) is 6.20 Å². The fraction of sp³-hybridized carbons (Fsp3) is 0.643. The van der Waals surface area contributed by atoms with E-state index in [0.717, 1.165) is 24.5 Å². The third-order valence-electron chi connectivity index (χ3n) is 3.58. The molecule has 6 nitrogen and oxygen atoms in total. The average molecular weight is 312 g/mol. The standard InChI is InChI=1S/C14H22ClN5O/c1-4-16-14(21)20-7-5-19(6-8-20)12-11(10(2)3)9-17-13(15)18-12/h9-10H,4-8H2,1-3H3,(H,16,21). The highest BCUT2D eigenvalue weighted by Crippen LogP contribution is 2.26. The van der Waals surface area contributed by atoms with E-state index in [9.17, 15) is 4.79 Å². The van der Waals surface area contributed by atoms with Gasteiger partial charge in [0, 0.05) is 44.5 Å². The van der Waals surface area contributed by atoms with Crippen molar-refractivity contribution in [2.24, 2.45) is 0 Å². The first kappa shape index (κ1) is 15.8. The van der Waals surface area contributed by atoms with Gasteiger partial charge in [-0.2, -0.15) is 0 Å². The minimum atomic E-state index is 0.00181. The number of nitrogens with one attached hydrogen (secondary N) is 1. The molecule has 1 aliphatic heterocycles. The number of urea groups is 1. The summed E-state index contributed by atoms with van der Waals surface area (Å²) in [5.41, 5.74) is 1.09. The van der Waals surface area contributed by atoms with Gasteiger partial charge in [0.2, 0.25) is 5.28 Å². The molecule has 0 aliphatic carbocycles. The van der Waals surface area contributed by atoms with Gasteiger partial charge in [0.15, 0.2) is 0 Å². The lowest BCUT2D eigenvalue weighted by molar-refractivity contribution is 0.195. The van der Waals surface area contributed by atoms with Gasteiger partial charge < -0.3 is 15.1 Å². The maximum Gasteiger partial charge on any atom is 0.317 e. The molecule has 1 saturated heterocycles. The zero-order valence-electron chi connectivity index (χ0n) is 12.8. The summed E-state index contributed by atoms with van der Waals surface area (Å²) in [5, 5.41) is 3.09. The van der Waals surface area contributed by atoms with E-state index in [1.54, 1.807) is 6.20 Å². The molecular weight excluding hydrogens is 290 g/mol. The first-order valence-electron chi connectivity index (χ1n) is 7.33. The Kier molecular flexibility index (Phi) is 5.22. The van der Waals surface area contributed by atoms with Crippen molar-refractivity contribution in [3.05, 3.63) is 17.0 Å². The number of hydrogen-bond acceptors (Lipinski definition) is 4. The predicted molar refractivity (Wildman–Crippen MR) is 84.0 cm³/mol. The van der Waals surface area contributed by atoms with Crippen LogP contribution >= 0.6 is 11.6 Å². The summed E-state index contributed by atoms with van der Waals surface area (Å²) in [5.74, 6) is 1.22. The molecule has 1 fully saturated rings. The Hall–Kier alpha value is -1.56. The van der Waals surface area contributed by atoms with E-state index in [-0.39, 0.29) is 11.3 Å². The van der Waals surface area contributed by atoms with E-state index in [2.05, 4.69) is 34.0 Å². The number of carbonyl (C=O) groups excluding carboxylic acids is 1. The number of piperazine rings is 1. The Morgan fingerprint density at radius 3 is 2.62 bits per heavy atom. The Morgan fingerprint density at radius 2 is 2.05 bits per heavy atom. The van der Waals surface area contributed by atoms with Crippen LogP contribution in [0.5, 0.6) is 0 Å². The number of aromatic nitrogens is 2. The van der Waals surface area contributed by atoms with Crippen molar-refractivity contribution in [2.45, 2.75) is 26.7 Å². The van der Waals surface area contributed by atoms with Crippen LogP contribution in [-0.2, 0) is 0 Å². The maximum absolute atomic E-state index is 11.8. The van der Waals surface area contributed by atoms with Crippen molar-refractivity contribution in [1.29, 1.82) is 0 Å². The smallest absolute Gasteiger partial charge is 0.317 e. The minimum Gasteiger partial charge on any atom is -0.353 e. The summed E-state index contributed by atoms with van der Waals surface area (Å²) in [6, 6.07) is 0.00181. The lowest BCUT2D eigenvalue weighted by Gasteiger charge is -2.36. The average Bonchev–Trinajstić information content (AvgIpc) is 2.47. The topological polar surface area (TPSA) is 61.4 Å². The van der Waals surface area contributed by atoms with Crippen molar-refractivity contribution >= 4 is 23.4 Å². The SMILES string of the molecule is CCNC(=O)N1CCN(c2nc(Cl)ncc2C(C)C)CC1. The molecule has 0 atom stereocenters. The molecule has 0 unspecified atom stereocenters. The Balaban J connectivity index is 2.08. The molecule has 1 aromatic heterocycles. The maximum atomic E-state index is 11.8. The van der Waals surface area contributed by atoms with Gasteiger partial charge >= 0.3 is 6.03 Å². The molecule has 0 saturated carbocycles. The minimum absolute atomic E-state index is 0.00181. The lowest BCUT2D eigenvalue weighted by Crippen LogP contribution is -2.52. The second-order valence-electron chi connectivity index (χ2n) is 5.38. The Morgan fingerprint density at radius 1 is 1.38 bits per heavy atom. The highest BCUT2D eigenvalue weighted by atomic mass is 35.5. The largest absolute Gasteiger partial charge is 0.353 e. The van der Waals surface area contributed by atoms with Crippen molar-refractivity contribution in [3.8, 4) is 0 Å². The molecule has 0 spiro atoms. The molecule has 2 amide bonds. The third kappa shape index (κ3) is 3.75. The summed E-state index contributed by atoms with van der Waals surface area (Å²) in [6.07, 6.45) is 1.80. The third-order valence-corrected chi connectivity index (χ3v) is 3.77. The van der Waals surface area contributed by atoms with Crippen LogP contribution in [0.2, 0.25) is 5.28 Å². The first-order valence-corrected chi connectivity index (χ1v) is 7.70. The van der Waals surface area contributed by atoms with Crippen LogP contribution < -0.4 is 10.2 Å². The van der Waals surface area contributed by atoms with E-state index >= 15 is 0 Å². The fourth-order valence-electron chi connectivity index (χ4n) is 2.41. The van der Waals surface area contributed by atoms with Gasteiger partial charge in [-0.25, -0.2) is 14.8 Å². The van der Waals surface area contributed by atoms with E-state index in [4.69, 9.17) is 11.6 Å². The summed E-state index contributed by atoms with van der Waals surface area (Å²) in [6.45, 7) is 9.68. The summed E-state index contributed by atoms with van der Waals surface area (Å²) in [7, 11) is 0. The molecule has 7 heteroatoms. The number of halogens is 1. The van der Waals surface area contributed by atoms with Crippen molar-refractivity contribution in [3.63, 3.8) is 0 Å². The quantitative estimate of drug-likeness (QED) is 0.869. The molecule has 21 heavy (non-hydrogen) atoms. The Bertz CT molecular complexity index is 500. The molecule has 0 aromatic carbocycles.